The zero-order chi connectivity index (χ0) is 17.3. The van der Waals surface area contributed by atoms with Crippen molar-refractivity contribution in [1.29, 1.82) is 0 Å². The molecule has 1 aliphatic heterocycles. The van der Waals surface area contributed by atoms with Gasteiger partial charge in [0.1, 0.15) is 0 Å². The molecule has 0 aromatic heterocycles. The van der Waals surface area contributed by atoms with E-state index in [-0.39, 0.29) is 17.9 Å². The van der Waals surface area contributed by atoms with Crippen LogP contribution < -0.4 is 0 Å². The van der Waals surface area contributed by atoms with Crippen LogP contribution in [0.4, 0.5) is 0 Å². The Bertz CT molecular complexity index is 579. The maximum atomic E-state index is 12.7. The third-order valence-electron chi connectivity index (χ3n) is 4.63. The van der Waals surface area contributed by atoms with Crippen molar-refractivity contribution < 1.29 is 9.90 Å². The number of carbonyl (C=O) groups excluding carboxylic acids is 1. The first kappa shape index (κ1) is 18.6. The first-order valence-electron chi connectivity index (χ1n) is 8.05. The number of benzene rings is 1. The van der Waals surface area contributed by atoms with Crippen molar-refractivity contribution in [2.24, 2.45) is 5.41 Å². The number of rotatable bonds is 3. The highest BCUT2D eigenvalue weighted by Gasteiger charge is 2.40. The number of piperidine rings is 1. The fourth-order valence-electron chi connectivity index (χ4n) is 3.40. The maximum Gasteiger partial charge on any atom is 0.227 e. The Kier molecular flexibility index (Phi) is 5.65. The van der Waals surface area contributed by atoms with Gasteiger partial charge in [-0.05, 0) is 37.0 Å². The van der Waals surface area contributed by atoms with Crippen LogP contribution in [0.25, 0.3) is 0 Å². The van der Waals surface area contributed by atoms with Gasteiger partial charge in [-0.1, -0.05) is 50.0 Å². The minimum Gasteiger partial charge on any atom is -0.396 e. The van der Waals surface area contributed by atoms with Gasteiger partial charge in [-0.3, -0.25) is 4.79 Å². The number of likely N-dealkylation sites (tertiary alicyclic amines) is 1. The second kappa shape index (κ2) is 7.00. The summed E-state index contributed by atoms with van der Waals surface area (Å²) in [6, 6.07) is 5.64. The van der Waals surface area contributed by atoms with Gasteiger partial charge in [0.15, 0.2) is 0 Å². The van der Waals surface area contributed by atoms with E-state index < -0.39 is 5.41 Å². The van der Waals surface area contributed by atoms with Crippen molar-refractivity contribution in [3.05, 3.63) is 33.8 Å². The van der Waals surface area contributed by atoms with E-state index in [0.717, 1.165) is 24.9 Å². The fourth-order valence-corrected chi connectivity index (χ4v) is 3.70. The van der Waals surface area contributed by atoms with Crippen molar-refractivity contribution >= 4 is 29.1 Å². The number of aliphatic hydroxyl groups excluding tert-OH is 1. The smallest absolute Gasteiger partial charge is 0.227 e. The lowest BCUT2D eigenvalue weighted by atomic mass is 9.71. The molecule has 1 N–H and O–H groups in total. The van der Waals surface area contributed by atoms with E-state index in [0.29, 0.717) is 23.0 Å². The number of hydrogen-bond acceptors (Lipinski definition) is 2. The molecule has 1 unspecified atom stereocenters. The van der Waals surface area contributed by atoms with Gasteiger partial charge in [0.2, 0.25) is 5.91 Å². The van der Waals surface area contributed by atoms with Gasteiger partial charge < -0.3 is 10.0 Å². The molecule has 0 aliphatic carbocycles. The Labute approximate surface area is 148 Å². The highest BCUT2D eigenvalue weighted by Crippen LogP contribution is 2.40. The van der Waals surface area contributed by atoms with Crippen LogP contribution in [-0.4, -0.2) is 35.6 Å². The van der Waals surface area contributed by atoms with Crippen molar-refractivity contribution in [3.63, 3.8) is 0 Å². The summed E-state index contributed by atoms with van der Waals surface area (Å²) >= 11 is 12.2. The van der Waals surface area contributed by atoms with Gasteiger partial charge in [-0.2, -0.15) is 0 Å². The highest BCUT2D eigenvalue weighted by atomic mass is 35.5. The Balaban J connectivity index is 2.36. The predicted molar refractivity (Wildman–Crippen MR) is 95.1 cm³/mol. The molecule has 0 spiro atoms. The molecule has 1 heterocycles. The van der Waals surface area contributed by atoms with Gasteiger partial charge >= 0.3 is 0 Å². The second-order valence-corrected chi connectivity index (χ2v) is 8.28. The van der Waals surface area contributed by atoms with Crippen molar-refractivity contribution in [2.45, 2.75) is 45.4 Å². The second-order valence-electron chi connectivity index (χ2n) is 7.46. The van der Waals surface area contributed by atoms with Crippen LogP contribution in [-0.2, 0) is 10.2 Å². The zero-order valence-electron chi connectivity index (χ0n) is 14.0. The summed E-state index contributed by atoms with van der Waals surface area (Å²) in [6.07, 6.45) is 2.46. The Hall–Kier alpha value is -0.770. The quantitative estimate of drug-likeness (QED) is 0.876. The molecule has 0 bridgehead atoms. The summed E-state index contributed by atoms with van der Waals surface area (Å²) in [5.41, 5.74) is 0.384. The van der Waals surface area contributed by atoms with Crippen LogP contribution in [0, 0.1) is 5.41 Å². The van der Waals surface area contributed by atoms with Gasteiger partial charge in [-0.15, -0.1) is 0 Å². The Morgan fingerprint density at radius 1 is 1.30 bits per heavy atom. The van der Waals surface area contributed by atoms with Gasteiger partial charge in [0, 0.05) is 30.5 Å². The molecule has 1 aromatic carbocycles. The standard InChI is InChI=1S/C18H25Cl2NO2/c1-17(2,3)16(23)21-9-4-7-18(12-21,8-10-22)13-5-6-14(19)15(20)11-13/h5-6,11,22H,4,7-10,12H2,1-3H3. The lowest BCUT2D eigenvalue weighted by Crippen LogP contribution is -2.51. The molecule has 0 saturated carbocycles. The average molecular weight is 358 g/mol. The van der Waals surface area contributed by atoms with Crippen LogP contribution in [0.5, 0.6) is 0 Å². The summed E-state index contributed by atoms with van der Waals surface area (Å²) < 4.78 is 0. The number of nitrogens with zero attached hydrogens (tertiary/aromatic N) is 1. The van der Waals surface area contributed by atoms with E-state index in [1.807, 2.05) is 37.8 Å². The minimum atomic E-state index is -0.403. The van der Waals surface area contributed by atoms with E-state index in [1.54, 1.807) is 6.07 Å². The molecule has 1 aliphatic rings. The molecule has 1 amide bonds. The van der Waals surface area contributed by atoms with E-state index in [2.05, 4.69) is 0 Å². The summed E-state index contributed by atoms with van der Waals surface area (Å²) in [7, 11) is 0. The fraction of sp³-hybridized carbons (Fsp3) is 0.611. The van der Waals surface area contributed by atoms with Gasteiger partial charge in [-0.25, -0.2) is 0 Å². The molecule has 1 saturated heterocycles. The SMILES string of the molecule is CC(C)(C)C(=O)N1CCCC(CCO)(c2ccc(Cl)c(Cl)c2)C1. The molecule has 128 valence electrons. The number of hydrogen-bond donors (Lipinski definition) is 1. The predicted octanol–water partition coefficient (Wildman–Crippen LogP) is 4.28. The van der Waals surface area contributed by atoms with Crippen molar-refractivity contribution in [1.82, 2.24) is 4.90 Å². The van der Waals surface area contributed by atoms with Crippen LogP contribution in [0.3, 0.4) is 0 Å². The van der Waals surface area contributed by atoms with Gasteiger partial charge in [0.25, 0.3) is 0 Å². The topological polar surface area (TPSA) is 40.5 Å². The lowest BCUT2D eigenvalue weighted by molar-refractivity contribution is -0.142. The maximum absolute atomic E-state index is 12.7. The molecule has 1 fully saturated rings. The third kappa shape index (κ3) is 4.01. The Morgan fingerprint density at radius 3 is 2.57 bits per heavy atom. The first-order chi connectivity index (χ1) is 10.7. The average Bonchev–Trinajstić information content (AvgIpc) is 2.49. The van der Waals surface area contributed by atoms with E-state index in [9.17, 15) is 9.90 Å². The van der Waals surface area contributed by atoms with Crippen LogP contribution in [0.15, 0.2) is 18.2 Å². The molecule has 2 rings (SSSR count). The summed E-state index contributed by atoms with van der Waals surface area (Å²) in [5.74, 6) is 0.152. The number of aliphatic hydroxyl groups is 1. The molecular weight excluding hydrogens is 333 g/mol. The number of carbonyl (C=O) groups is 1. The largest absolute Gasteiger partial charge is 0.396 e. The number of amides is 1. The highest BCUT2D eigenvalue weighted by molar-refractivity contribution is 6.42. The minimum absolute atomic E-state index is 0.0811. The summed E-state index contributed by atoms with van der Waals surface area (Å²) in [6.45, 7) is 7.29. The normalized spacial score (nSPS) is 22.3. The van der Waals surface area contributed by atoms with Gasteiger partial charge in [0.05, 0.1) is 10.0 Å². The van der Waals surface area contributed by atoms with E-state index in [4.69, 9.17) is 23.2 Å². The molecule has 0 radical (unpaired) electrons. The third-order valence-corrected chi connectivity index (χ3v) is 5.37. The zero-order valence-corrected chi connectivity index (χ0v) is 15.5. The number of halogens is 2. The van der Waals surface area contributed by atoms with Crippen LogP contribution >= 0.6 is 23.2 Å². The molecule has 1 aromatic rings. The molecule has 5 heteroatoms. The molecule has 3 nitrogen and oxygen atoms in total. The van der Waals surface area contributed by atoms with E-state index >= 15 is 0 Å². The Morgan fingerprint density at radius 2 is 2.00 bits per heavy atom. The summed E-state index contributed by atoms with van der Waals surface area (Å²) in [4.78, 5) is 14.6. The monoisotopic (exact) mass is 357 g/mol. The van der Waals surface area contributed by atoms with Crippen LogP contribution in [0.2, 0.25) is 10.0 Å². The van der Waals surface area contributed by atoms with Crippen LogP contribution in [0.1, 0.15) is 45.6 Å². The lowest BCUT2D eigenvalue weighted by Gasteiger charge is -2.45. The van der Waals surface area contributed by atoms with Crippen molar-refractivity contribution in [3.8, 4) is 0 Å². The van der Waals surface area contributed by atoms with E-state index in [1.165, 1.54) is 0 Å². The first-order valence-corrected chi connectivity index (χ1v) is 8.81. The molecule has 23 heavy (non-hydrogen) atoms. The molecule has 1 atom stereocenters. The molecular formula is C18H25Cl2NO2. The summed E-state index contributed by atoms with van der Waals surface area (Å²) in [5, 5.41) is 10.6. The van der Waals surface area contributed by atoms with Crippen molar-refractivity contribution in [2.75, 3.05) is 19.7 Å².